The predicted octanol–water partition coefficient (Wildman–Crippen LogP) is 6.41. The molecule has 0 saturated carbocycles. The Morgan fingerprint density at radius 1 is 0.892 bits per heavy atom. The summed E-state index contributed by atoms with van der Waals surface area (Å²) >= 11 is 0. The lowest BCUT2D eigenvalue weighted by Gasteiger charge is -2.22. The van der Waals surface area contributed by atoms with Crippen LogP contribution in [0.2, 0.25) is 0 Å². The van der Waals surface area contributed by atoms with Gasteiger partial charge in [0.2, 0.25) is 0 Å². The van der Waals surface area contributed by atoms with Crippen molar-refractivity contribution in [2.24, 2.45) is 0 Å². The van der Waals surface area contributed by atoms with E-state index < -0.39 is 29.7 Å². The van der Waals surface area contributed by atoms with Crippen molar-refractivity contribution in [2.45, 2.75) is 31.9 Å². The zero-order chi connectivity index (χ0) is 26.8. The molecule has 37 heavy (non-hydrogen) atoms. The average molecular weight is 516 g/mol. The molecule has 1 atom stereocenters. The van der Waals surface area contributed by atoms with Gasteiger partial charge in [0.15, 0.2) is 0 Å². The van der Waals surface area contributed by atoms with E-state index in [0.717, 1.165) is 36.2 Å². The molecule has 0 aromatic heterocycles. The highest BCUT2D eigenvalue weighted by Crippen LogP contribution is 2.30. The molecule has 1 unspecified atom stereocenters. The minimum atomic E-state index is -4.48. The highest BCUT2D eigenvalue weighted by atomic mass is 19.4. The molecule has 0 aliphatic heterocycles. The van der Waals surface area contributed by atoms with Crippen molar-refractivity contribution < 1.29 is 37.3 Å². The first-order valence-electron chi connectivity index (χ1n) is 11.8. The van der Waals surface area contributed by atoms with Crippen LogP contribution in [-0.2, 0) is 17.4 Å². The van der Waals surface area contributed by atoms with Crippen LogP contribution >= 0.6 is 0 Å². The maximum absolute atomic E-state index is 12.8. The van der Waals surface area contributed by atoms with E-state index in [-0.39, 0.29) is 18.9 Å². The van der Waals surface area contributed by atoms with Crippen molar-refractivity contribution >= 4 is 12.1 Å². The summed E-state index contributed by atoms with van der Waals surface area (Å²) in [5.74, 6) is -1.04. The molecule has 6 nitrogen and oxygen atoms in total. The Morgan fingerprint density at radius 3 is 2.11 bits per heavy atom. The maximum Gasteiger partial charge on any atom is 0.416 e. The van der Waals surface area contributed by atoms with Crippen molar-refractivity contribution in [3.63, 3.8) is 0 Å². The third kappa shape index (κ3) is 8.56. The average Bonchev–Trinajstić information content (AvgIpc) is 2.88. The number of carbonyl (C=O) groups excluding carboxylic acids is 1. The van der Waals surface area contributed by atoms with Crippen LogP contribution < -0.4 is 9.47 Å². The van der Waals surface area contributed by atoms with Crippen LogP contribution in [0.5, 0.6) is 11.5 Å². The number of alkyl halides is 3. The molecule has 3 aromatic carbocycles. The monoisotopic (exact) mass is 515 g/mol. The summed E-state index contributed by atoms with van der Waals surface area (Å²) in [7, 11) is 0. The van der Waals surface area contributed by atoms with Crippen molar-refractivity contribution in [2.75, 3.05) is 19.7 Å². The summed E-state index contributed by atoms with van der Waals surface area (Å²) < 4.78 is 49.5. The van der Waals surface area contributed by atoms with Crippen LogP contribution in [0, 0.1) is 0 Å². The van der Waals surface area contributed by atoms with Gasteiger partial charge < -0.3 is 19.5 Å². The molecular weight excluding hydrogens is 487 g/mol. The minimum Gasteiger partial charge on any atom is -0.492 e. The first kappa shape index (κ1) is 27.6. The van der Waals surface area contributed by atoms with Gasteiger partial charge in [0, 0.05) is 6.54 Å². The van der Waals surface area contributed by atoms with Crippen LogP contribution in [0.15, 0.2) is 78.9 Å². The lowest BCUT2D eigenvalue weighted by molar-refractivity contribution is -0.138. The fourth-order valence-corrected chi connectivity index (χ4v) is 3.56. The first-order valence-corrected chi connectivity index (χ1v) is 11.8. The number of ether oxygens (including phenoxy) is 2. The molecular formula is C28H28F3NO5. The number of carboxylic acids is 1. The normalized spacial score (nSPS) is 12.0. The molecule has 196 valence electrons. The Morgan fingerprint density at radius 2 is 1.51 bits per heavy atom. The molecule has 3 rings (SSSR count). The molecule has 3 aromatic rings. The van der Waals surface area contributed by atoms with Gasteiger partial charge in [-0.2, -0.15) is 13.2 Å². The second kappa shape index (κ2) is 12.8. The number of carboxylic acid groups (broad SMARTS) is 1. The number of rotatable bonds is 11. The molecule has 0 spiro atoms. The number of carbonyl (C=O) groups is 2. The largest absolute Gasteiger partial charge is 0.492 e. The van der Waals surface area contributed by atoms with Gasteiger partial charge >= 0.3 is 18.2 Å². The maximum atomic E-state index is 12.8. The highest BCUT2D eigenvalue weighted by Gasteiger charge is 2.30. The number of amides is 1. The molecule has 9 heteroatoms. The lowest BCUT2D eigenvalue weighted by atomic mass is 10.0. The molecule has 0 heterocycles. The molecule has 1 amide bonds. The number of nitrogens with zero attached hydrogens (tertiary/aromatic N) is 1. The quantitative estimate of drug-likeness (QED) is 0.320. The van der Waals surface area contributed by atoms with Crippen LogP contribution in [-0.4, -0.2) is 41.8 Å². The summed E-state index contributed by atoms with van der Waals surface area (Å²) in [4.78, 5) is 25.4. The molecule has 1 N–H and O–H groups in total. The van der Waals surface area contributed by atoms with Gasteiger partial charge in [-0.25, -0.2) is 4.79 Å². The standard InChI is InChI=1S/C28H28F3NO5/c1-20(26(33)34)22-9-13-24(14-10-22)36-19-18-32(17-5-8-21-6-3-2-4-7-21)27(35)37-25-15-11-23(12-16-25)28(29,30)31/h2-4,6-7,9-16,20H,5,8,17-19H2,1H3,(H,33,34). The molecule has 0 radical (unpaired) electrons. The van der Waals surface area contributed by atoms with E-state index in [2.05, 4.69) is 0 Å². The first-order chi connectivity index (χ1) is 17.6. The molecule has 0 aliphatic carbocycles. The molecule has 0 fully saturated rings. The van der Waals surface area contributed by atoms with E-state index in [4.69, 9.17) is 14.6 Å². The van der Waals surface area contributed by atoms with E-state index in [9.17, 15) is 22.8 Å². The van der Waals surface area contributed by atoms with E-state index in [1.807, 2.05) is 30.3 Å². The number of benzene rings is 3. The van der Waals surface area contributed by atoms with E-state index >= 15 is 0 Å². The zero-order valence-electron chi connectivity index (χ0n) is 20.3. The van der Waals surface area contributed by atoms with Gasteiger partial charge in [-0.3, -0.25) is 4.79 Å². The summed E-state index contributed by atoms with van der Waals surface area (Å²) in [6.45, 7) is 2.27. The number of hydrogen-bond donors (Lipinski definition) is 1. The Hall–Kier alpha value is -4.01. The van der Waals surface area contributed by atoms with Crippen molar-refractivity contribution in [1.29, 1.82) is 0 Å². The van der Waals surface area contributed by atoms with Crippen LogP contribution in [0.1, 0.15) is 36.0 Å². The van der Waals surface area contributed by atoms with Crippen molar-refractivity contribution in [3.8, 4) is 11.5 Å². The van der Waals surface area contributed by atoms with E-state index in [1.165, 1.54) is 4.90 Å². The second-order valence-corrected chi connectivity index (χ2v) is 8.44. The van der Waals surface area contributed by atoms with Crippen molar-refractivity contribution in [3.05, 3.63) is 95.6 Å². The smallest absolute Gasteiger partial charge is 0.416 e. The topological polar surface area (TPSA) is 76.1 Å². The van der Waals surface area contributed by atoms with Gasteiger partial charge in [0.05, 0.1) is 18.0 Å². The van der Waals surface area contributed by atoms with Gasteiger partial charge in [0.25, 0.3) is 0 Å². The number of hydrogen-bond acceptors (Lipinski definition) is 4. The zero-order valence-corrected chi connectivity index (χ0v) is 20.3. The fourth-order valence-electron chi connectivity index (χ4n) is 3.56. The fraction of sp³-hybridized carbons (Fsp3) is 0.286. The predicted molar refractivity (Wildman–Crippen MR) is 132 cm³/mol. The van der Waals surface area contributed by atoms with Gasteiger partial charge in [-0.1, -0.05) is 42.5 Å². The Balaban J connectivity index is 1.60. The van der Waals surface area contributed by atoms with Crippen LogP contribution in [0.3, 0.4) is 0 Å². The van der Waals surface area contributed by atoms with E-state index in [1.54, 1.807) is 31.2 Å². The Labute approximate surface area is 213 Å². The third-order valence-electron chi connectivity index (χ3n) is 5.76. The number of aliphatic carboxylic acids is 1. The molecule has 0 aliphatic rings. The summed E-state index contributed by atoms with van der Waals surface area (Å²) in [6, 6.07) is 20.4. The highest BCUT2D eigenvalue weighted by molar-refractivity contribution is 5.75. The Kier molecular flexibility index (Phi) is 9.54. The Bertz CT molecular complexity index is 1150. The van der Waals surface area contributed by atoms with Crippen LogP contribution in [0.4, 0.5) is 18.0 Å². The van der Waals surface area contributed by atoms with Gasteiger partial charge in [-0.15, -0.1) is 0 Å². The SMILES string of the molecule is CC(C(=O)O)c1ccc(OCCN(CCCc2ccccc2)C(=O)Oc2ccc(C(F)(F)F)cc2)cc1. The van der Waals surface area contributed by atoms with Crippen molar-refractivity contribution in [1.82, 2.24) is 4.90 Å². The van der Waals surface area contributed by atoms with Gasteiger partial charge in [-0.05, 0) is 67.3 Å². The summed E-state index contributed by atoms with van der Waals surface area (Å²) in [6.07, 6.45) is -3.79. The molecule has 0 bridgehead atoms. The summed E-state index contributed by atoms with van der Waals surface area (Å²) in [5, 5.41) is 9.13. The number of halogens is 3. The van der Waals surface area contributed by atoms with Crippen LogP contribution in [0.25, 0.3) is 0 Å². The lowest BCUT2D eigenvalue weighted by Crippen LogP contribution is -2.37. The van der Waals surface area contributed by atoms with Gasteiger partial charge in [0.1, 0.15) is 18.1 Å². The van der Waals surface area contributed by atoms with E-state index in [0.29, 0.717) is 24.3 Å². The minimum absolute atomic E-state index is 0.00937. The number of aryl methyl sites for hydroxylation is 1. The second-order valence-electron chi connectivity index (χ2n) is 8.44. The third-order valence-corrected chi connectivity index (χ3v) is 5.76. The molecule has 0 saturated heterocycles. The summed E-state index contributed by atoms with van der Waals surface area (Å²) in [5.41, 5.74) is 0.928.